The highest BCUT2D eigenvalue weighted by molar-refractivity contribution is 14.1. The summed E-state index contributed by atoms with van der Waals surface area (Å²) in [6, 6.07) is 0. The Morgan fingerprint density at radius 2 is 2.33 bits per heavy atom. The summed E-state index contributed by atoms with van der Waals surface area (Å²) in [5.41, 5.74) is 0.950. The van der Waals surface area contributed by atoms with Crippen molar-refractivity contribution in [2.24, 2.45) is 15.9 Å². The number of rotatable bonds is 2. The van der Waals surface area contributed by atoms with Gasteiger partial charge in [-0.05, 0) is 12.3 Å². The number of aliphatic imine (C=N–C) groups is 2. The highest BCUT2D eigenvalue weighted by Crippen LogP contribution is 2.15. The van der Waals surface area contributed by atoms with Crippen LogP contribution in [-0.2, 0) is 4.79 Å². The predicted molar refractivity (Wildman–Crippen MR) is 58.2 cm³/mol. The van der Waals surface area contributed by atoms with Gasteiger partial charge in [-0.25, -0.2) is 9.98 Å². The molecule has 3 nitrogen and oxygen atoms in total. The zero-order valence-electron chi connectivity index (χ0n) is 7.12. The van der Waals surface area contributed by atoms with Gasteiger partial charge in [0.1, 0.15) is 10.3 Å². The lowest BCUT2D eigenvalue weighted by atomic mass is 10.0. The second-order valence-electron chi connectivity index (χ2n) is 3.16. The number of alkyl halides is 1. The molecule has 1 atom stereocenters. The summed E-state index contributed by atoms with van der Waals surface area (Å²) >= 11 is 2.08. The number of hydrogen-bond donors (Lipinski definition) is 0. The van der Waals surface area contributed by atoms with E-state index in [2.05, 4.69) is 46.4 Å². The maximum absolute atomic E-state index is 11.1. The quantitative estimate of drug-likeness (QED) is 0.561. The molecule has 1 aliphatic rings. The van der Waals surface area contributed by atoms with Crippen LogP contribution in [-0.4, -0.2) is 21.9 Å². The Bertz CT molecular complexity index is 245. The Hall–Kier alpha value is -0.260. The van der Waals surface area contributed by atoms with E-state index in [1.165, 1.54) is 6.34 Å². The molecule has 0 aromatic heterocycles. The minimum absolute atomic E-state index is 0.0822. The molecule has 1 heterocycles. The first kappa shape index (κ1) is 9.83. The van der Waals surface area contributed by atoms with E-state index in [-0.39, 0.29) is 9.83 Å². The van der Waals surface area contributed by atoms with Crippen molar-refractivity contribution in [3.8, 4) is 0 Å². The summed E-state index contributed by atoms with van der Waals surface area (Å²) in [6.45, 7) is 4.23. The van der Waals surface area contributed by atoms with E-state index in [0.29, 0.717) is 5.92 Å². The molecular formula is C8H11IN2O. The van der Waals surface area contributed by atoms with Crippen LogP contribution in [0.4, 0.5) is 0 Å². The van der Waals surface area contributed by atoms with E-state index in [9.17, 15) is 4.79 Å². The Morgan fingerprint density at radius 1 is 1.67 bits per heavy atom. The molecule has 0 radical (unpaired) electrons. The molecule has 0 spiro atoms. The second kappa shape index (κ2) is 4.11. The van der Waals surface area contributed by atoms with Crippen LogP contribution in [0.1, 0.15) is 20.3 Å². The van der Waals surface area contributed by atoms with Gasteiger partial charge in [-0.1, -0.05) is 36.4 Å². The van der Waals surface area contributed by atoms with Gasteiger partial charge in [0.15, 0.2) is 0 Å². The monoisotopic (exact) mass is 278 g/mol. The van der Waals surface area contributed by atoms with Crippen LogP contribution in [0.25, 0.3) is 0 Å². The molecule has 1 unspecified atom stereocenters. The van der Waals surface area contributed by atoms with E-state index in [1.807, 2.05) is 0 Å². The highest BCUT2D eigenvalue weighted by Gasteiger charge is 2.22. The van der Waals surface area contributed by atoms with Crippen molar-refractivity contribution in [1.82, 2.24) is 0 Å². The van der Waals surface area contributed by atoms with Gasteiger partial charge in [0.25, 0.3) is 5.91 Å². The maximum Gasteiger partial charge on any atom is 0.265 e. The number of carbonyl (C=O) groups is 1. The van der Waals surface area contributed by atoms with Gasteiger partial charge in [0, 0.05) is 5.71 Å². The largest absolute Gasteiger partial charge is 0.271 e. The van der Waals surface area contributed by atoms with Crippen molar-refractivity contribution in [2.45, 2.75) is 24.2 Å². The van der Waals surface area contributed by atoms with Crippen LogP contribution in [0.15, 0.2) is 9.98 Å². The fraction of sp³-hybridized carbons (Fsp3) is 0.625. The molecule has 0 saturated carbocycles. The molecular weight excluding hydrogens is 267 g/mol. The third-order valence-corrected chi connectivity index (χ3v) is 2.79. The van der Waals surface area contributed by atoms with Gasteiger partial charge in [-0.15, -0.1) is 0 Å². The molecule has 0 aromatic carbocycles. The summed E-state index contributed by atoms with van der Waals surface area (Å²) in [7, 11) is 0. The third-order valence-electron chi connectivity index (χ3n) is 1.54. The van der Waals surface area contributed by atoms with Crippen LogP contribution in [0.5, 0.6) is 0 Å². The molecule has 1 rings (SSSR count). The molecule has 0 aromatic rings. The molecule has 12 heavy (non-hydrogen) atoms. The minimum atomic E-state index is -0.144. The molecule has 4 heteroatoms. The lowest BCUT2D eigenvalue weighted by Gasteiger charge is -2.13. The molecule has 0 aliphatic carbocycles. The average molecular weight is 278 g/mol. The van der Waals surface area contributed by atoms with Gasteiger partial charge in [0.05, 0.1) is 0 Å². The standard InChI is InChI=1S/C8H11IN2O/c1-5(2)3-6-7(9)8(12)11-4-10-6/h4-5,7H,3H2,1-2H3. The van der Waals surface area contributed by atoms with Crippen LogP contribution >= 0.6 is 22.6 Å². The number of carbonyl (C=O) groups excluding carboxylic acids is 1. The number of nitrogens with zero attached hydrogens (tertiary/aromatic N) is 2. The van der Waals surface area contributed by atoms with Crippen LogP contribution in [0.2, 0.25) is 0 Å². The van der Waals surface area contributed by atoms with Crippen LogP contribution in [0, 0.1) is 5.92 Å². The summed E-state index contributed by atoms with van der Waals surface area (Å²) in [5.74, 6) is 0.460. The molecule has 0 saturated heterocycles. The summed E-state index contributed by atoms with van der Waals surface area (Å²) in [6.07, 6.45) is 2.24. The summed E-state index contributed by atoms with van der Waals surface area (Å²) in [5, 5.41) is 0. The molecule has 1 aliphatic heterocycles. The number of amides is 1. The Labute approximate surface area is 85.5 Å². The summed E-state index contributed by atoms with van der Waals surface area (Å²) in [4.78, 5) is 18.8. The zero-order valence-corrected chi connectivity index (χ0v) is 9.28. The molecule has 0 bridgehead atoms. The molecule has 0 N–H and O–H groups in total. The van der Waals surface area contributed by atoms with Gasteiger partial charge in [-0.2, -0.15) is 0 Å². The molecule has 1 amide bonds. The van der Waals surface area contributed by atoms with E-state index >= 15 is 0 Å². The number of hydrogen-bond acceptors (Lipinski definition) is 2. The first-order valence-corrected chi connectivity index (χ1v) is 5.13. The fourth-order valence-electron chi connectivity index (χ4n) is 1.01. The van der Waals surface area contributed by atoms with E-state index in [0.717, 1.165) is 12.1 Å². The lowest BCUT2D eigenvalue weighted by molar-refractivity contribution is -0.116. The van der Waals surface area contributed by atoms with Crippen molar-refractivity contribution >= 4 is 40.5 Å². The van der Waals surface area contributed by atoms with Gasteiger partial charge >= 0.3 is 0 Å². The van der Waals surface area contributed by atoms with E-state index < -0.39 is 0 Å². The van der Waals surface area contributed by atoms with Gasteiger partial charge in [0.2, 0.25) is 0 Å². The van der Waals surface area contributed by atoms with Crippen molar-refractivity contribution in [1.29, 1.82) is 0 Å². The average Bonchev–Trinajstić information content (AvgIpc) is 1.98. The topological polar surface area (TPSA) is 41.8 Å². The summed E-state index contributed by atoms with van der Waals surface area (Å²) < 4.78 is -0.144. The molecule has 66 valence electrons. The van der Waals surface area contributed by atoms with Gasteiger partial charge < -0.3 is 0 Å². The smallest absolute Gasteiger partial charge is 0.265 e. The fourth-order valence-corrected chi connectivity index (χ4v) is 1.58. The first-order valence-electron chi connectivity index (χ1n) is 3.88. The predicted octanol–water partition coefficient (Wildman–Crippen LogP) is 1.85. The van der Waals surface area contributed by atoms with E-state index in [1.54, 1.807) is 0 Å². The highest BCUT2D eigenvalue weighted by atomic mass is 127. The van der Waals surface area contributed by atoms with Crippen molar-refractivity contribution in [3.63, 3.8) is 0 Å². The molecule has 0 fully saturated rings. The normalized spacial score (nSPS) is 23.2. The van der Waals surface area contributed by atoms with E-state index in [4.69, 9.17) is 0 Å². The van der Waals surface area contributed by atoms with Crippen LogP contribution < -0.4 is 0 Å². The Morgan fingerprint density at radius 3 is 2.92 bits per heavy atom. The Kier molecular flexibility index (Phi) is 3.37. The first-order chi connectivity index (χ1) is 5.61. The Balaban J connectivity index is 2.69. The van der Waals surface area contributed by atoms with Gasteiger partial charge in [-0.3, -0.25) is 4.79 Å². The zero-order chi connectivity index (χ0) is 9.14. The minimum Gasteiger partial charge on any atom is -0.271 e. The van der Waals surface area contributed by atoms with Crippen LogP contribution in [0.3, 0.4) is 0 Å². The third kappa shape index (κ3) is 2.36. The van der Waals surface area contributed by atoms with Crippen molar-refractivity contribution in [3.05, 3.63) is 0 Å². The van der Waals surface area contributed by atoms with Crippen molar-refractivity contribution in [2.75, 3.05) is 0 Å². The second-order valence-corrected chi connectivity index (χ2v) is 4.41. The SMILES string of the molecule is CC(C)CC1=NC=NC(=O)C1I. The maximum atomic E-state index is 11.1. The number of halogens is 1. The lowest BCUT2D eigenvalue weighted by Crippen LogP contribution is -2.27. The van der Waals surface area contributed by atoms with Crippen molar-refractivity contribution < 1.29 is 4.79 Å².